The van der Waals surface area contributed by atoms with Crippen molar-refractivity contribution in [3.05, 3.63) is 0 Å². The normalized spacial score (nSPS) is 29.1. The van der Waals surface area contributed by atoms with E-state index >= 15 is 0 Å². The number of imide groups is 1. The zero-order valence-corrected chi connectivity index (χ0v) is 10.0. The minimum absolute atomic E-state index is 0.0684. The number of hydrogen-bond donors (Lipinski definition) is 1. The fraction of sp³-hybridized carbons (Fsp3) is 0.833. The summed E-state index contributed by atoms with van der Waals surface area (Å²) in [6, 6.07) is 0.0591. The van der Waals surface area contributed by atoms with E-state index in [9.17, 15) is 9.59 Å². The zero-order chi connectivity index (χ0) is 11.7. The molecular formula is C12H20N2O2. The highest BCUT2D eigenvalue weighted by Gasteiger charge is 2.37. The zero-order valence-electron chi connectivity index (χ0n) is 10.0. The molecule has 1 saturated carbocycles. The predicted octanol–water partition coefficient (Wildman–Crippen LogP) is 0.912. The van der Waals surface area contributed by atoms with Gasteiger partial charge in [0.25, 0.3) is 0 Å². The summed E-state index contributed by atoms with van der Waals surface area (Å²) in [4.78, 5) is 24.3. The van der Waals surface area contributed by atoms with Gasteiger partial charge in [-0.1, -0.05) is 12.8 Å². The lowest BCUT2D eigenvalue weighted by Crippen LogP contribution is -2.44. The van der Waals surface area contributed by atoms with Gasteiger partial charge in [-0.15, -0.1) is 0 Å². The predicted molar refractivity (Wildman–Crippen MR) is 60.7 cm³/mol. The molecule has 1 aliphatic carbocycles. The molecule has 0 aromatic heterocycles. The van der Waals surface area contributed by atoms with Crippen molar-refractivity contribution in [2.45, 2.75) is 51.1 Å². The number of hydrogen-bond acceptors (Lipinski definition) is 3. The second-order valence-electron chi connectivity index (χ2n) is 5.05. The molecule has 1 aliphatic heterocycles. The van der Waals surface area contributed by atoms with E-state index in [2.05, 4.69) is 12.2 Å². The van der Waals surface area contributed by atoms with Crippen LogP contribution in [0.3, 0.4) is 0 Å². The van der Waals surface area contributed by atoms with E-state index in [4.69, 9.17) is 0 Å². The number of likely N-dealkylation sites (tertiary alicyclic amines) is 1. The number of rotatable bonds is 3. The van der Waals surface area contributed by atoms with Gasteiger partial charge in [0.2, 0.25) is 11.8 Å². The average Bonchev–Trinajstić information content (AvgIpc) is 2.85. The van der Waals surface area contributed by atoms with Crippen molar-refractivity contribution >= 4 is 11.8 Å². The summed E-state index contributed by atoms with van der Waals surface area (Å²) in [5, 5.41) is 3.32. The lowest BCUT2D eigenvalue weighted by Gasteiger charge is -2.23. The molecule has 0 aromatic rings. The Morgan fingerprint density at radius 3 is 2.44 bits per heavy atom. The smallest absolute Gasteiger partial charge is 0.246 e. The number of nitrogens with one attached hydrogen (secondary N) is 1. The van der Waals surface area contributed by atoms with Gasteiger partial charge in [-0.3, -0.25) is 14.5 Å². The first-order chi connectivity index (χ1) is 7.59. The third kappa shape index (κ3) is 2.12. The van der Waals surface area contributed by atoms with Crippen LogP contribution in [0.2, 0.25) is 0 Å². The van der Waals surface area contributed by atoms with Crippen molar-refractivity contribution in [3.8, 4) is 0 Å². The second-order valence-corrected chi connectivity index (χ2v) is 5.05. The van der Waals surface area contributed by atoms with Crippen LogP contribution in [0.25, 0.3) is 0 Å². The maximum absolute atomic E-state index is 11.7. The third-order valence-electron chi connectivity index (χ3n) is 3.95. The Labute approximate surface area is 96.4 Å². The van der Waals surface area contributed by atoms with E-state index in [1.54, 1.807) is 7.05 Å². The number of amides is 2. The summed E-state index contributed by atoms with van der Waals surface area (Å²) in [7, 11) is 1.56. The number of likely N-dealkylation sites (N-methyl/N-ethyl adjacent to an activating group) is 1. The monoisotopic (exact) mass is 224 g/mol. The standard InChI is InChI=1S/C12H20N2O2/c1-8(9-5-3-4-6-9)13-10-7-11(15)14(2)12(10)16/h8-10,13H,3-7H2,1-2H3. The molecule has 0 bridgehead atoms. The van der Waals surface area contributed by atoms with Gasteiger partial charge in [-0.2, -0.15) is 0 Å². The number of carbonyl (C=O) groups is 2. The Kier molecular flexibility index (Phi) is 3.28. The van der Waals surface area contributed by atoms with Gasteiger partial charge < -0.3 is 5.32 Å². The van der Waals surface area contributed by atoms with Gasteiger partial charge in [0, 0.05) is 13.1 Å². The molecule has 0 aromatic carbocycles. The molecule has 2 atom stereocenters. The van der Waals surface area contributed by atoms with Crippen LogP contribution < -0.4 is 5.32 Å². The van der Waals surface area contributed by atoms with E-state index in [0.717, 1.165) is 0 Å². The molecule has 2 rings (SSSR count). The van der Waals surface area contributed by atoms with Crippen LogP contribution in [-0.4, -0.2) is 35.8 Å². The Morgan fingerprint density at radius 2 is 1.94 bits per heavy atom. The highest BCUT2D eigenvalue weighted by Crippen LogP contribution is 2.28. The van der Waals surface area contributed by atoms with Gasteiger partial charge in [0.05, 0.1) is 12.5 Å². The molecule has 1 N–H and O–H groups in total. The summed E-state index contributed by atoms with van der Waals surface area (Å²) in [6.45, 7) is 2.13. The average molecular weight is 224 g/mol. The van der Waals surface area contributed by atoms with Crippen LogP contribution in [0, 0.1) is 5.92 Å². The fourth-order valence-corrected chi connectivity index (χ4v) is 2.80. The molecule has 2 aliphatic rings. The summed E-state index contributed by atoms with van der Waals surface area (Å²) < 4.78 is 0. The Bertz CT molecular complexity index is 297. The lowest BCUT2D eigenvalue weighted by atomic mass is 9.99. The third-order valence-corrected chi connectivity index (χ3v) is 3.95. The van der Waals surface area contributed by atoms with E-state index in [1.165, 1.54) is 30.6 Å². The van der Waals surface area contributed by atoms with E-state index in [0.29, 0.717) is 18.4 Å². The van der Waals surface area contributed by atoms with Crippen LogP contribution >= 0.6 is 0 Å². The Morgan fingerprint density at radius 1 is 1.31 bits per heavy atom. The second kappa shape index (κ2) is 4.53. The highest BCUT2D eigenvalue weighted by atomic mass is 16.2. The molecule has 16 heavy (non-hydrogen) atoms. The maximum Gasteiger partial charge on any atom is 0.246 e. The minimum atomic E-state index is -0.284. The van der Waals surface area contributed by atoms with Crippen LogP contribution in [0.4, 0.5) is 0 Å². The molecule has 1 heterocycles. The van der Waals surface area contributed by atoms with Gasteiger partial charge in [-0.05, 0) is 25.7 Å². The van der Waals surface area contributed by atoms with Crippen molar-refractivity contribution < 1.29 is 9.59 Å². The summed E-state index contributed by atoms with van der Waals surface area (Å²) in [5.41, 5.74) is 0. The molecular weight excluding hydrogens is 204 g/mol. The first kappa shape index (κ1) is 11.6. The van der Waals surface area contributed by atoms with E-state index in [-0.39, 0.29) is 17.9 Å². The first-order valence-electron chi connectivity index (χ1n) is 6.16. The van der Waals surface area contributed by atoms with Crippen molar-refractivity contribution in [2.24, 2.45) is 5.92 Å². The lowest BCUT2D eigenvalue weighted by molar-refractivity contribution is -0.137. The summed E-state index contributed by atoms with van der Waals surface area (Å²) >= 11 is 0. The molecule has 2 fully saturated rings. The fourth-order valence-electron chi connectivity index (χ4n) is 2.80. The van der Waals surface area contributed by atoms with Crippen LogP contribution in [0.1, 0.15) is 39.0 Å². The summed E-state index contributed by atoms with van der Waals surface area (Å²) in [5.74, 6) is 0.532. The number of nitrogens with zero attached hydrogens (tertiary/aromatic N) is 1. The SMILES string of the molecule is CC(NC1CC(=O)N(C)C1=O)C1CCCC1. The van der Waals surface area contributed by atoms with E-state index in [1.807, 2.05) is 0 Å². The van der Waals surface area contributed by atoms with Crippen LogP contribution in [0.5, 0.6) is 0 Å². The molecule has 2 amide bonds. The molecule has 1 saturated heterocycles. The summed E-state index contributed by atoms with van der Waals surface area (Å²) in [6.07, 6.45) is 5.42. The molecule has 0 spiro atoms. The quantitative estimate of drug-likeness (QED) is 0.725. The van der Waals surface area contributed by atoms with Crippen molar-refractivity contribution in [1.29, 1.82) is 0 Å². The van der Waals surface area contributed by atoms with Gasteiger partial charge in [0.15, 0.2) is 0 Å². The molecule has 90 valence electrons. The topological polar surface area (TPSA) is 49.4 Å². The minimum Gasteiger partial charge on any atom is -0.303 e. The van der Waals surface area contributed by atoms with Gasteiger partial charge in [0.1, 0.15) is 0 Å². The number of carbonyl (C=O) groups excluding carboxylic acids is 2. The Hall–Kier alpha value is -0.900. The molecule has 4 nitrogen and oxygen atoms in total. The highest BCUT2D eigenvalue weighted by molar-refractivity contribution is 6.05. The Balaban J connectivity index is 1.90. The molecule has 0 radical (unpaired) electrons. The van der Waals surface area contributed by atoms with Crippen LogP contribution in [0.15, 0.2) is 0 Å². The van der Waals surface area contributed by atoms with Crippen molar-refractivity contribution in [2.75, 3.05) is 7.05 Å². The largest absolute Gasteiger partial charge is 0.303 e. The van der Waals surface area contributed by atoms with E-state index < -0.39 is 0 Å². The first-order valence-corrected chi connectivity index (χ1v) is 6.16. The molecule has 2 unspecified atom stereocenters. The maximum atomic E-state index is 11.7. The molecule has 4 heteroatoms. The van der Waals surface area contributed by atoms with Gasteiger partial charge >= 0.3 is 0 Å². The van der Waals surface area contributed by atoms with Crippen molar-refractivity contribution in [1.82, 2.24) is 10.2 Å². The van der Waals surface area contributed by atoms with Crippen LogP contribution in [-0.2, 0) is 9.59 Å². The van der Waals surface area contributed by atoms with Gasteiger partial charge in [-0.25, -0.2) is 0 Å². The van der Waals surface area contributed by atoms with Crippen molar-refractivity contribution in [3.63, 3.8) is 0 Å².